The smallest absolute Gasteiger partial charge is 0.289 e. The summed E-state index contributed by atoms with van der Waals surface area (Å²) in [4.78, 5) is 16.2. The van der Waals surface area contributed by atoms with Gasteiger partial charge in [0.1, 0.15) is 5.82 Å². The Morgan fingerprint density at radius 3 is 2.57 bits per heavy atom. The first-order chi connectivity index (χ1) is 11.2. The van der Waals surface area contributed by atoms with Gasteiger partial charge in [-0.25, -0.2) is 4.39 Å². The molecular weight excluding hydrogens is 299 g/mol. The Morgan fingerprint density at radius 2 is 1.91 bits per heavy atom. The maximum Gasteiger partial charge on any atom is 0.289 e. The van der Waals surface area contributed by atoms with Gasteiger partial charge < -0.3 is 14.7 Å². The highest BCUT2D eigenvalue weighted by molar-refractivity contribution is 5.91. The summed E-state index contributed by atoms with van der Waals surface area (Å²) >= 11 is 0. The molecule has 1 aliphatic heterocycles. The van der Waals surface area contributed by atoms with Crippen LogP contribution in [0.1, 0.15) is 10.6 Å². The van der Waals surface area contributed by atoms with Crippen LogP contribution in [0, 0.1) is 5.82 Å². The molecule has 7 heteroatoms. The van der Waals surface area contributed by atoms with Gasteiger partial charge in [-0.05, 0) is 24.3 Å². The number of halogens is 1. The molecule has 1 aromatic heterocycles. The topological polar surface area (TPSA) is 61.6 Å². The Bertz CT molecular complexity index is 622. The summed E-state index contributed by atoms with van der Waals surface area (Å²) in [5, 5.41) is 6.32. The highest BCUT2D eigenvalue weighted by Crippen LogP contribution is 2.16. The number of benzene rings is 1. The van der Waals surface area contributed by atoms with Crippen LogP contribution < -0.4 is 10.2 Å². The van der Waals surface area contributed by atoms with Crippen LogP contribution >= 0.6 is 0 Å². The molecule has 1 aliphatic rings. The second-order valence-electron chi connectivity index (χ2n) is 5.44. The van der Waals surface area contributed by atoms with Crippen molar-refractivity contribution in [1.82, 2.24) is 15.4 Å². The number of nitrogens with one attached hydrogen (secondary N) is 1. The van der Waals surface area contributed by atoms with E-state index in [4.69, 9.17) is 4.52 Å². The van der Waals surface area contributed by atoms with Gasteiger partial charge in [0, 0.05) is 51.0 Å². The predicted molar refractivity (Wildman–Crippen MR) is 83.9 cm³/mol. The normalized spacial score (nSPS) is 15.6. The Hall–Kier alpha value is -2.41. The van der Waals surface area contributed by atoms with Crippen LogP contribution in [0.25, 0.3) is 0 Å². The molecular formula is C16H19FN4O2. The van der Waals surface area contributed by atoms with Crippen molar-refractivity contribution >= 4 is 11.6 Å². The molecule has 0 aliphatic carbocycles. The second-order valence-corrected chi connectivity index (χ2v) is 5.44. The molecule has 0 bridgehead atoms. The van der Waals surface area contributed by atoms with Crippen molar-refractivity contribution in [2.24, 2.45) is 0 Å². The lowest BCUT2D eigenvalue weighted by molar-refractivity contribution is 0.0911. The monoisotopic (exact) mass is 318 g/mol. The van der Waals surface area contributed by atoms with Crippen molar-refractivity contribution in [2.75, 3.05) is 44.2 Å². The highest BCUT2D eigenvalue weighted by atomic mass is 19.1. The zero-order valence-corrected chi connectivity index (χ0v) is 12.7. The van der Waals surface area contributed by atoms with Crippen molar-refractivity contribution in [2.45, 2.75) is 0 Å². The molecule has 1 fully saturated rings. The molecule has 23 heavy (non-hydrogen) atoms. The number of piperazine rings is 1. The van der Waals surface area contributed by atoms with Crippen LogP contribution in [-0.2, 0) is 0 Å². The Labute approximate surface area is 133 Å². The zero-order valence-electron chi connectivity index (χ0n) is 12.7. The van der Waals surface area contributed by atoms with Gasteiger partial charge in [-0.2, -0.15) is 0 Å². The minimum Gasteiger partial charge on any atom is -0.369 e. The number of anilines is 1. The lowest BCUT2D eigenvalue weighted by Crippen LogP contribution is -2.48. The molecule has 1 N–H and O–H groups in total. The molecule has 1 aromatic carbocycles. The largest absolute Gasteiger partial charge is 0.369 e. The summed E-state index contributed by atoms with van der Waals surface area (Å²) in [6, 6.07) is 8.13. The third-order valence-corrected chi connectivity index (χ3v) is 3.94. The third kappa shape index (κ3) is 4.07. The van der Waals surface area contributed by atoms with Crippen molar-refractivity contribution in [3.63, 3.8) is 0 Å². The van der Waals surface area contributed by atoms with Gasteiger partial charge in [0.2, 0.25) is 5.76 Å². The summed E-state index contributed by atoms with van der Waals surface area (Å²) in [5.74, 6) is -0.228. The lowest BCUT2D eigenvalue weighted by atomic mass is 10.2. The van der Waals surface area contributed by atoms with E-state index in [0.29, 0.717) is 6.54 Å². The van der Waals surface area contributed by atoms with Gasteiger partial charge in [0.15, 0.2) is 0 Å². The van der Waals surface area contributed by atoms with E-state index < -0.39 is 0 Å². The standard InChI is InChI=1S/C16H19FN4O2/c17-13-1-3-14(4-2-13)21-11-9-20(10-12-21)8-7-18-16(22)15-5-6-19-23-15/h1-6H,7-12H2,(H,18,22). The molecule has 1 saturated heterocycles. The average molecular weight is 318 g/mol. The number of hydrogen-bond donors (Lipinski definition) is 1. The van der Waals surface area contributed by atoms with E-state index >= 15 is 0 Å². The number of rotatable bonds is 5. The summed E-state index contributed by atoms with van der Waals surface area (Å²) in [6.45, 7) is 4.96. The highest BCUT2D eigenvalue weighted by Gasteiger charge is 2.17. The first-order valence-corrected chi connectivity index (χ1v) is 7.64. The first-order valence-electron chi connectivity index (χ1n) is 7.64. The fourth-order valence-electron chi connectivity index (χ4n) is 2.63. The van der Waals surface area contributed by atoms with Gasteiger partial charge in [-0.15, -0.1) is 0 Å². The zero-order chi connectivity index (χ0) is 16.1. The Kier molecular flexibility index (Phi) is 4.87. The first kappa shape index (κ1) is 15.5. The van der Waals surface area contributed by atoms with E-state index in [-0.39, 0.29) is 17.5 Å². The SMILES string of the molecule is O=C(NCCN1CCN(c2ccc(F)cc2)CC1)c1ccno1. The predicted octanol–water partition coefficient (Wildman–Crippen LogP) is 1.37. The molecule has 0 radical (unpaired) electrons. The fourth-order valence-corrected chi connectivity index (χ4v) is 2.63. The van der Waals surface area contributed by atoms with E-state index in [1.165, 1.54) is 24.4 Å². The molecule has 3 rings (SSSR count). The minimum absolute atomic E-state index is 0.213. The number of amides is 1. The van der Waals surface area contributed by atoms with Crippen molar-refractivity contribution < 1.29 is 13.7 Å². The van der Waals surface area contributed by atoms with E-state index in [1.807, 2.05) is 12.1 Å². The molecule has 0 unspecified atom stereocenters. The van der Waals surface area contributed by atoms with Crippen LogP contribution in [0.4, 0.5) is 10.1 Å². The van der Waals surface area contributed by atoms with E-state index in [1.54, 1.807) is 0 Å². The van der Waals surface area contributed by atoms with Gasteiger partial charge >= 0.3 is 0 Å². The average Bonchev–Trinajstić information content (AvgIpc) is 3.11. The molecule has 0 atom stereocenters. The van der Waals surface area contributed by atoms with Crippen LogP contribution in [0.5, 0.6) is 0 Å². The quantitative estimate of drug-likeness (QED) is 0.902. The van der Waals surface area contributed by atoms with Crippen LogP contribution in [0.2, 0.25) is 0 Å². The molecule has 2 aromatic rings. The third-order valence-electron chi connectivity index (χ3n) is 3.94. The summed E-state index contributed by atoms with van der Waals surface area (Å²) < 4.78 is 17.8. The number of aromatic nitrogens is 1. The van der Waals surface area contributed by atoms with Crippen LogP contribution in [0.3, 0.4) is 0 Å². The number of carbonyl (C=O) groups is 1. The number of nitrogens with zero attached hydrogens (tertiary/aromatic N) is 3. The van der Waals surface area contributed by atoms with Gasteiger partial charge in [-0.1, -0.05) is 5.16 Å². The van der Waals surface area contributed by atoms with Crippen LogP contribution in [-0.4, -0.2) is 55.2 Å². The molecule has 1 amide bonds. The minimum atomic E-state index is -0.243. The summed E-state index contributed by atoms with van der Waals surface area (Å²) in [5.41, 5.74) is 1.05. The molecule has 6 nitrogen and oxygen atoms in total. The van der Waals surface area contributed by atoms with Crippen molar-refractivity contribution in [3.05, 3.63) is 48.1 Å². The second kappa shape index (κ2) is 7.23. The number of hydrogen-bond acceptors (Lipinski definition) is 5. The molecule has 2 heterocycles. The van der Waals surface area contributed by atoms with Crippen molar-refractivity contribution in [1.29, 1.82) is 0 Å². The maximum absolute atomic E-state index is 13.0. The van der Waals surface area contributed by atoms with Gasteiger partial charge in [0.05, 0.1) is 6.20 Å². The van der Waals surface area contributed by atoms with Crippen molar-refractivity contribution in [3.8, 4) is 0 Å². The maximum atomic E-state index is 13.0. The van der Waals surface area contributed by atoms with E-state index in [0.717, 1.165) is 38.4 Å². The summed E-state index contributed by atoms with van der Waals surface area (Å²) in [7, 11) is 0. The molecule has 122 valence electrons. The number of carbonyl (C=O) groups excluding carboxylic acids is 1. The summed E-state index contributed by atoms with van der Waals surface area (Å²) in [6.07, 6.45) is 1.45. The van der Waals surface area contributed by atoms with E-state index in [2.05, 4.69) is 20.3 Å². The van der Waals surface area contributed by atoms with E-state index in [9.17, 15) is 9.18 Å². The molecule has 0 spiro atoms. The van der Waals surface area contributed by atoms with Gasteiger partial charge in [0.25, 0.3) is 5.91 Å². The lowest BCUT2D eigenvalue weighted by Gasteiger charge is -2.36. The van der Waals surface area contributed by atoms with Gasteiger partial charge in [-0.3, -0.25) is 9.69 Å². The fraction of sp³-hybridized carbons (Fsp3) is 0.375. The van der Waals surface area contributed by atoms with Crippen LogP contribution in [0.15, 0.2) is 41.1 Å². The Balaban J connectivity index is 1.39. The molecule has 0 saturated carbocycles. The Morgan fingerprint density at radius 1 is 1.17 bits per heavy atom.